The van der Waals surface area contributed by atoms with E-state index in [9.17, 15) is 22.0 Å². The fourth-order valence-corrected chi connectivity index (χ4v) is 6.21. The van der Waals surface area contributed by atoms with E-state index in [2.05, 4.69) is 10.9 Å². The number of halogens is 2. The zero-order chi connectivity index (χ0) is 22.9. The van der Waals surface area contributed by atoms with Gasteiger partial charge in [0.15, 0.2) is 4.80 Å². The van der Waals surface area contributed by atoms with Gasteiger partial charge in [-0.3, -0.25) is 4.79 Å². The Bertz CT molecular complexity index is 1380. The Morgan fingerprint density at radius 1 is 1.16 bits per heavy atom. The summed E-state index contributed by atoms with van der Waals surface area (Å²) in [6.45, 7) is 0.371. The first kappa shape index (κ1) is 22.3. The zero-order valence-corrected chi connectivity index (χ0v) is 18.5. The number of piperidine rings is 1. The van der Waals surface area contributed by atoms with E-state index >= 15 is 0 Å². The summed E-state index contributed by atoms with van der Waals surface area (Å²) in [7, 11) is -3.76. The number of aromatic nitrogens is 1. The van der Waals surface area contributed by atoms with Crippen molar-refractivity contribution in [2.24, 2.45) is 10.9 Å². The van der Waals surface area contributed by atoms with Gasteiger partial charge in [0.2, 0.25) is 10.0 Å². The van der Waals surface area contributed by atoms with Gasteiger partial charge in [-0.2, -0.15) is 9.30 Å². The van der Waals surface area contributed by atoms with E-state index in [0.717, 1.165) is 12.1 Å². The minimum atomic E-state index is -3.76. The van der Waals surface area contributed by atoms with Crippen LogP contribution in [0, 0.1) is 29.9 Å². The minimum absolute atomic E-state index is 0.0102. The molecule has 1 saturated heterocycles. The van der Waals surface area contributed by atoms with Crippen LogP contribution in [0.4, 0.5) is 8.78 Å². The minimum Gasteiger partial charge on any atom is -0.302 e. The second kappa shape index (κ2) is 8.94. The van der Waals surface area contributed by atoms with Crippen molar-refractivity contribution in [1.29, 1.82) is 0 Å². The molecule has 0 spiro atoms. The van der Waals surface area contributed by atoms with Crippen molar-refractivity contribution in [2.75, 3.05) is 13.1 Å². The lowest BCUT2D eigenvalue weighted by molar-refractivity contribution is -0.122. The first-order chi connectivity index (χ1) is 15.3. The second-order valence-corrected chi connectivity index (χ2v) is 10.3. The van der Waals surface area contributed by atoms with Crippen LogP contribution >= 0.6 is 11.3 Å². The molecule has 2 aromatic carbocycles. The van der Waals surface area contributed by atoms with Crippen LogP contribution in [0.15, 0.2) is 52.4 Å². The maximum atomic E-state index is 14.3. The Kier molecular flexibility index (Phi) is 6.24. The molecule has 6 nitrogen and oxygen atoms in total. The van der Waals surface area contributed by atoms with Crippen LogP contribution in [0.3, 0.4) is 0 Å². The Morgan fingerprint density at radius 3 is 2.50 bits per heavy atom. The van der Waals surface area contributed by atoms with Gasteiger partial charge in [0.25, 0.3) is 5.91 Å². The molecule has 3 aromatic rings. The van der Waals surface area contributed by atoms with E-state index in [1.807, 2.05) is 0 Å². The number of para-hydroxylation sites is 1. The number of nitrogens with zero attached hydrogens (tertiary/aromatic N) is 3. The maximum absolute atomic E-state index is 14.3. The van der Waals surface area contributed by atoms with E-state index < -0.39 is 27.6 Å². The second-order valence-electron chi connectivity index (χ2n) is 7.34. The molecule has 1 aromatic heterocycles. The highest BCUT2D eigenvalue weighted by atomic mass is 32.2. The topological polar surface area (TPSA) is 71.7 Å². The predicted octanol–water partition coefficient (Wildman–Crippen LogP) is 3.14. The SMILES string of the molecule is C#CCn1c(=NC(=O)C2CCN(S(=O)(=O)c3ccc(F)cc3)CC2)sc2cccc(F)c21. The molecule has 0 radical (unpaired) electrons. The molecule has 32 heavy (non-hydrogen) atoms. The molecule has 1 aliphatic heterocycles. The number of benzene rings is 2. The van der Waals surface area contributed by atoms with Crippen LogP contribution in [0.25, 0.3) is 10.2 Å². The smallest absolute Gasteiger partial charge is 0.251 e. The summed E-state index contributed by atoms with van der Waals surface area (Å²) < 4.78 is 56.3. The van der Waals surface area contributed by atoms with Crippen LogP contribution in [-0.2, 0) is 21.4 Å². The summed E-state index contributed by atoms with van der Waals surface area (Å²) in [5.74, 6) is 0.659. The number of rotatable bonds is 4. The molecular formula is C22H19F2N3O3S2. The first-order valence-electron chi connectivity index (χ1n) is 9.87. The van der Waals surface area contributed by atoms with E-state index in [4.69, 9.17) is 6.42 Å². The molecule has 2 heterocycles. The third kappa shape index (κ3) is 4.24. The van der Waals surface area contributed by atoms with Crippen LogP contribution in [0.2, 0.25) is 0 Å². The summed E-state index contributed by atoms with van der Waals surface area (Å²) >= 11 is 1.18. The molecule has 0 saturated carbocycles. The normalized spacial score (nSPS) is 16.3. The number of carbonyl (C=O) groups excluding carboxylic acids is 1. The number of terminal acetylenes is 1. The molecular weight excluding hydrogens is 456 g/mol. The molecule has 1 fully saturated rings. The van der Waals surface area contributed by atoms with E-state index in [-0.39, 0.29) is 30.4 Å². The molecule has 166 valence electrons. The molecule has 0 atom stereocenters. The summed E-state index contributed by atoms with van der Waals surface area (Å²) in [5, 5.41) is 0. The fraction of sp³-hybridized carbons (Fsp3) is 0.273. The molecule has 0 unspecified atom stereocenters. The molecule has 0 bridgehead atoms. The van der Waals surface area contributed by atoms with Gasteiger partial charge in [0, 0.05) is 19.0 Å². The third-order valence-electron chi connectivity index (χ3n) is 5.36. The Morgan fingerprint density at radius 2 is 1.84 bits per heavy atom. The predicted molar refractivity (Wildman–Crippen MR) is 117 cm³/mol. The van der Waals surface area contributed by atoms with Crippen LogP contribution in [0.1, 0.15) is 12.8 Å². The molecule has 0 N–H and O–H groups in total. The first-order valence-corrected chi connectivity index (χ1v) is 12.1. The number of hydrogen-bond acceptors (Lipinski definition) is 4. The van der Waals surface area contributed by atoms with E-state index in [0.29, 0.717) is 27.9 Å². The number of amides is 1. The van der Waals surface area contributed by atoms with Crippen LogP contribution in [0.5, 0.6) is 0 Å². The largest absolute Gasteiger partial charge is 0.302 e. The average molecular weight is 476 g/mol. The van der Waals surface area contributed by atoms with Crippen molar-refractivity contribution in [3.8, 4) is 12.3 Å². The number of fused-ring (bicyclic) bond motifs is 1. The van der Waals surface area contributed by atoms with Crippen molar-refractivity contribution in [3.63, 3.8) is 0 Å². The van der Waals surface area contributed by atoms with Gasteiger partial charge in [-0.1, -0.05) is 23.3 Å². The lowest BCUT2D eigenvalue weighted by Gasteiger charge is -2.29. The van der Waals surface area contributed by atoms with Crippen LogP contribution < -0.4 is 4.80 Å². The van der Waals surface area contributed by atoms with Gasteiger partial charge >= 0.3 is 0 Å². The van der Waals surface area contributed by atoms with Gasteiger partial charge < -0.3 is 4.57 Å². The fourth-order valence-electron chi connectivity index (χ4n) is 3.69. The molecule has 4 rings (SSSR count). The van der Waals surface area contributed by atoms with Crippen molar-refractivity contribution >= 4 is 37.5 Å². The average Bonchev–Trinajstić information content (AvgIpc) is 3.12. The van der Waals surface area contributed by atoms with Crippen molar-refractivity contribution < 1.29 is 22.0 Å². The Balaban J connectivity index is 1.54. The van der Waals surface area contributed by atoms with Gasteiger partial charge in [0.05, 0.1) is 21.7 Å². The number of hydrogen-bond donors (Lipinski definition) is 0. The molecule has 1 amide bonds. The third-order valence-corrected chi connectivity index (χ3v) is 8.32. The Labute approximate surface area is 187 Å². The van der Waals surface area contributed by atoms with Crippen LogP contribution in [-0.4, -0.2) is 36.3 Å². The maximum Gasteiger partial charge on any atom is 0.251 e. The summed E-state index contributed by atoms with van der Waals surface area (Å²) in [6.07, 6.45) is 6.02. The standard InChI is InChI=1S/C22H19F2N3O3S2/c1-2-12-27-20-18(24)4-3-5-19(20)31-22(27)25-21(28)15-10-13-26(14-11-15)32(29,30)17-8-6-16(23)7-9-17/h1,3-9,15H,10-14H2. The highest BCUT2D eigenvalue weighted by Gasteiger charge is 2.32. The quantitative estimate of drug-likeness (QED) is 0.545. The van der Waals surface area contributed by atoms with E-state index in [1.54, 1.807) is 12.1 Å². The lowest BCUT2D eigenvalue weighted by atomic mass is 9.98. The van der Waals surface area contributed by atoms with Crippen molar-refractivity contribution in [2.45, 2.75) is 24.3 Å². The van der Waals surface area contributed by atoms with Crippen molar-refractivity contribution in [1.82, 2.24) is 8.87 Å². The highest BCUT2D eigenvalue weighted by molar-refractivity contribution is 7.89. The molecule has 0 aliphatic carbocycles. The Hall–Kier alpha value is -2.87. The van der Waals surface area contributed by atoms with Gasteiger partial charge in [-0.05, 0) is 49.2 Å². The summed E-state index contributed by atoms with van der Waals surface area (Å²) in [4.78, 5) is 17.4. The van der Waals surface area contributed by atoms with Gasteiger partial charge in [-0.15, -0.1) is 6.42 Å². The molecule has 10 heteroatoms. The van der Waals surface area contributed by atoms with E-state index in [1.165, 1.54) is 38.4 Å². The number of carbonyl (C=O) groups is 1. The number of thiazole rings is 1. The monoisotopic (exact) mass is 475 g/mol. The number of sulfonamides is 1. The van der Waals surface area contributed by atoms with Crippen molar-refractivity contribution in [3.05, 3.63) is 58.9 Å². The summed E-state index contributed by atoms with van der Waals surface area (Å²) in [6, 6.07) is 9.29. The molecule has 1 aliphatic rings. The zero-order valence-electron chi connectivity index (χ0n) is 16.9. The summed E-state index contributed by atoms with van der Waals surface area (Å²) in [5.41, 5.74) is 0.308. The highest BCUT2D eigenvalue weighted by Crippen LogP contribution is 2.25. The van der Waals surface area contributed by atoms with Gasteiger partial charge in [-0.25, -0.2) is 17.2 Å². The van der Waals surface area contributed by atoms with Gasteiger partial charge in [0.1, 0.15) is 11.6 Å². The lowest BCUT2D eigenvalue weighted by Crippen LogP contribution is -2.40.